The molecule has 15 heavy (non-hydrogen) atoms. The molecule has 0 aromatic carbocycles. The summed E-state index contributed by atoms with van der Waals surface area (Å²) in [7, 11) is 0. The van der Waals surface area contributed by atoms with Crippen LogP contribution in [-0.4, -0.2) is 20.3 Å². The van der Waals surface area contributed by atoms with Crippen molar-refractivity contribution in [2.75, 3.05) is 0 Å². The molecule has 1 aromatic heterocycles. The third-order valence-electron chi connectivity index (χ3n) is 2.99. The zero-order valence-corrected chi connectivity index (χ0v) is 10.2. The number of hydrogen-bond donors (Lipinski definition) is 1. The Hall–Kier alpha value is -0.900. The number of hydrogen-bond acceptors (Lipinski definition) is 3. The van der Waals surface area contributed by atoms with Crippen molar-refractivity contribution in [3.63, 3.8) is 0 Å². The smallest absolute Gasteiger partial charge is 0.138 e. The van der Waals surface area contributed by atoms with Gasteiger partial charge in [-0.25, -0.2) is 4.98 Å². The van der Waals surface area contributed by atoms with Crippen LogP contribution in [0.4, 0.5) is 0 Å². The first kappa shape index (κ1) is 12.2. The summed E-state index contributed by atoms with van der Waals surface area (Å²) >= 11 is 0. The molecule has 0 aliphatic rings. The van der Waals surface area contributed by atoms with Crippen LogP contribution >= 0.6 is 0 Å². The molecule has 1 atom stereocenters. The third-order valence-corrected chi connectivity index (χ3v) is 2.99. The normalized spacial score (nSPS) is 15.6. The van der Waals surface area contributed by atoms with E-state index in [1.54, 1.807) is 6.33 Å². The summed E-state index contributed by atoms with van der Waals surface area (Å²) in [6.07, 6.45) is 3.46. The van der Waals surface area contributed by atoms with E-state index >= 15 is 0 Å². The molecule has 0 saturated carbocycles. The maximum Gasteiger partial charge on any atom is 0.138 e. The number of nitrogens with two attached hydrogens (primary N) is 1. The van der Waals surface area contributed by atoms with Gasteiger partial charge in [-0.2, -0.15) is 5.10 Å². The summed E-state index contributed by atoms with van der Waals surface area (Å²) < 4.78 is 1.95. The Morgan fingerprint density at radius 3 is 2.73 bits per heavy atom. The van der Waals surface area contributed by atoms with Crippen LogP contribution in [-0.2, 0) is 13.0 Å². The Kier molecular flexibility index (Phi) is 3.85. The summed E-state index contributed by atoms with van der Waals surface area (Å²) in [4.78, 5) is 4.27. The quantitative estimate of drug-likeness (QED) is 0.803. The first-order chi connectivity index (χ1) is 6.97. The van der Waals surface area contributed by atoms with E-state index in [1.165, 1.54) is 0 Å². The number of nitrogens with zero attached hydrogens (tertiary/aromatic N) is 3. The maximum absolute atomic E-state index is 6.23. The second kappa shape index (κ2) is 4.75. The van der Waals surface area contributed by atoms with Crippen molar-refractivity contribution in [2.45, 2.75) is 52.6 Å². The van der Waals surface area contributed by atoms with Gasteiger partial charge in [-0.1, -0.05) is 20.8 Å². The Morgan fingerprint density at radius 1 is 1.53 bits per heavy atom. The molecule has 0 fully saturated rings. The van der Waals surface area contributed by atoms with E-state index in [0.29, 0.717) is 5.92 Å². The lowest BCUT2D eigenvalue weighted by molar-refractivity contribution is 0.325. The van der Waals surface area contributed by atoms with E-state index in [2.05, 4.69) is 37.8 Å². The van der Waals surface area contributed by atoms with Gasteiger partial charge in [0.25, 0.3) is 0 Å². The number of aromatic nitrogens is 3. The van der Waals surface area contributed by atoms with E-state index in [-0.39, 0.29) is 5.54 Å². The zero-order chi connectivity index (χ0) is 11.5. The summed E-state index contributed by atoms with van der Waals surface area (Å²) in [5, 5.41) is 4.20. The third kappa shape index (κ3) is 3.02. The topological polar surface area (TPSA) is 56.7 Å². The van der Waals surface area contributed by atoms with Crippen LogP contribution in [0.2, 0.25) is 0 Å². The van der Waals surface area contributed by atoms with Gasteiger partial charge in [-0.05, 0) is 19.3 Å². The lowest BCUT2D eigenvalue weighted by Crippen LogP contribution is -2.44. The number of rotatable bonds is 5. The molecular weight excluding hydrogens is 188 g/mol. The fourth-order valence-corrected chi connectivity index (χ4v) is 1.37. The lowest BCUT2D eigenvalue weighted by atomic mass is 9.86. The van der Waals surface area contributed by atoms with Crippen LogP contribution in [0.3, 0.4) is 0 Å². The predicted molar refractivity (Wildman–Crippen MR) is 61.4 cm³/mol. The Bertz CT molecular complexity index is 301. The summed E-state index contributed by atoms with van der Waals surface area (Å²) in [5.74, 6) is 1.43. The number of aryl methyl sites for hydroxylation is 1. The zero-order valence-electron chi connectivity index (χ0n) is 10.2. The van der Waals surface area contributed by atoms with Gasteiger partial charge >= 0.3 is 0 Å². The van der Waals surface area contributed by atoms with Gasteiger partial charge in [0.15, 0.2) is 0 Å². The first-order valence-corrected chi connectivity index (χ1v) is 5.63. The van der Waals surface area contributed by atoms with Gasteiger partial charge < -0.3 is 5.73 Å². The van der Waals surface area contributed by atoms with Crippen molar-refractivity contribution in [3.05, 3.63) is 12.2 Å². The average molecular weight is 210 g/mol. The largest absolute Gasteiger partial charge is 0.325 e. The van der Waals surface area contributed by atoms with Crippen molar-refractivity contribution < 1.29 is 0 Å². The van der Waals surface area contributed by atoms with Crippen LogP contribution in [0.1, 0.15) is 39.9 Å². The molecule has 1 unspecified atom stereocenters. The van der Waals surface area contributed by atoms with Crippen LogP contribution < -0.4 is 5.73 Å². The molecule has 86 valence electrons. The predicted octanol–water partition coefficient (Wildman–Crippen LogP) is 1.60. The van der Waals surface area contributed by atoms with E-state index in [1.807, 2.05) is 4.68 Å². The van der Waals surface area contributed by atoms with E-state index in [0.717, 1.165) is 25.2 Å². The van der Waals surface area contributed by atoms with Gasteiger partial charge in [0.05, 0.1) is 0 Å². The van der Waals surface area contributed by atoms with Crippen molar-refractivity contribution in [2.24, 2.45) is 11.7 Å². The highest BCUT2D eigenvalue weighted by Crippen LogP contribution is 2.17. The molecule has 0 spiro atoms. The molecule has 0 aliphatic heterocycles. The molecule has 0 amide bonds. The van der Waals surface area contributed by atoms with Gasteiger partial charge in [0.1, 0.15) is 12.2 Å². The summed E-state index contributed by atoms with van der Waals surface area (Å²) in [5.41, 5.74) is 6.02. The molecule has 2 N–H and O–H groups in total. The molecule has 0 radical (unpaired) electrons. The summed E-state index contributed by atoms with van der Waals surface area (Å²) in [6, 6.07) is 0. The average Bonchev–Trinajstić information content (AvgIpc) is 2.52. The van der Waals surface area contributed by atoms with Gasteiger partial charge in [0, 0.05) is 18.5 Å². The lowest BCUT2D eigenvalue weighted by Gasteiger charge is -2.28. The van der Waals surface area contributed by atoms with Crippen LogP contribution in [0, 0.1) is 5.92 Å². The maximum atomic E-state index is 6.23. The fourth-order valence-electron chi connectivity index (χ4n) is 1.37. The molecule has 0 bridgehead atoms. The van der Waals surface area contributed by atoms with Gasteiger partial charge in [-0.15, -0.1) is 0 Å². The minimum absolute atomic E-state index is 0.210. The highest BCUT2D eigenvalue weighted by molar-refractivity contribution is 4.96. The van der Waals surface area contributed by atoms with Crippen molar-refractivity contribution in [1.29, 1.82) is 0 Å². The standard InChI is InChI=1S/C11H22N4/c1-5-6-15-10(13-8-14-15)7-11(4,12)9(2)3/h8-9H,5-7,12H2,1-4H3. The molecule has 4 heteroatoms. The molecular formula is C11H22N4. The molecule has 0 saturated heterocycles. The first-order valence-electron chi connectivity index (χ1n) is 5.63. The molecule has 1 rings (SSSR count). The van der Waals surface area contributed by atoms with Crippen molar-refractivity contribution in [1.82, 2.24) is 14.8 Å². The van der Waals surface area contributed by atoms with Crippen LogP contribution in [0.5, 0.6) is 0 Å². The molecule has 4 nitrogen and oxygen atoms in total. The van der Waals surface area contributed by atoms with Gasteiger partial charge in [0.2, 0.25) is 0 Å². The Balaban J connectivity index is 2.75. The van der Waals surface area contributed by atoms with E-state index in [9.17, 15) is 0 Å². The van der Waals surface area contributed by atoms with Crippen LogP contribution in [0.25, 0.3) is 0 Å². The van der Waals surface area contributed by atoms with E-state index in [4.69, 9.17) is 5.73 Å². The van der Waals surface area contributed by atoms with Crippen molar-refractivity contribution in [3.8, 4) is 0 Å². The van der Waals surface area contributed by atoms with Crippen LogP contribution in [0.15, 0.2) is 6.33 Å². The molecule has 0 aliphatic carbocycles. The SMILES string of the molecule is CCCn1ncnc1CC(C)(N)C(C)C. The highest BCUT2D eigenvalue weighted by atomic mass is 15.3. The second-order valence-electron chi connectivity index (χ2n) is 4.74. The monoisotopic (exact) mass is 210 g/mol. The van der Waals surface area contributed by atoms with E-state index < -0.39 is 0 Å². The fraction of sp³-hybridized carbons (Fsp3) is 0.818. The second-order valence-corrected chi connectivity index (χ2v) is 4.74. The van der Waals surface area contributed by atoms with Crippen molar-refractivity contribution >= 4 is 0 Å². The minimum atomic E-state index is -0.210. The minimum Gasteiger partial charge on any atom is -0.325 e. The Labute approximate surface area is 91.9 Å². The summed E-state index contributed by atoms with van der Waals surface area (Å²) in [6.45, 7) is 9.41. The molecule has 1 heterocycles. The molecule has 1 aromatic rings. The van der Waals surface area contributed by atoms with Gasteiger partial charge in [-0.3, -0.25) is 4.68 Å². The highest BCUT2D eigenvalue weighted by Gasteiger charge is 2.25. The Morgan fingerprint density at radius 2 is 2.20 bits per heavy atom.